The number of aromatic nitrogens is 2. The summed E-state index contributed by atoms with van der Waals surface area (Å²) in [6.45, 7) is 0. The quantitative estimate of drug-likeness (QED) is 0.684. The van der Waals surface area contributed by atoms with E-state index in [9.17, 15) is 4.79 Å². The molecule has 0 atom stereocenters. The van der Waals surface area contributed by atoms with Crippen LogP contribution in [-0.2, 0) is 0 Å². The number of halogens is 1. The molecule has 0 saturated heterocycles. The number of carboxylic acid groups (broad SMARTS) is 1. The molecular weight excluding hydrogens is 355 g/mol. The molecule has 0 radical (unpaired) electrons. The summed E-state index contributed by atoms with van der Waals surface area (Å²) in [4.78, 5) is 18.7. The van der Waals surface area contributed by atoms with Crippen molar-refractivity contribution in [2.24, 2.45) is 0 Å². The molecule has 0 unspecified atom stereocenters. The molecule has 3 rings (SSSR count). The molecule has 1 aromatic heterocycles. The maximum absolute atomic E-state index is 11.0. The normalized spacial score (nSPS) is 10.8. The molecule has 1 heterocycles. The number of hydrogen-bond donors (Lipinski definition) is 2. The van der Waals surface area contributed by atoms with Gasteiger partial charge in [-0.05, 0) is 46.9 Å². The Labute approximate surface area is 122 Å². The van der Waals surface area contributed by atoms with Crippen LogP contribution in [-0.4, -0.2) is 21.0 Å². The van der Waals surface area contributed by atoms with Gasteiger partial charge in [0.15, 0.2) is 0 Å². The Kier molecular flexibility index (Phi) is 2.98. The molecule has 0 aliphatic heterocycles. The summed E-state index contributed by atoms with van der Waals surface area (Å²) in [5.41, 5.74) is 3.05. The molecule has 0 aliphatic rings. The van der Waals surface area contributed by atoms with Crippen molar-refractivity contribution in [3.63, 3.8) is 0 Å². The molecule has 5 heteroatoms. The third kappa shape index (κ3) is 2.21. The molecule has 3 aromatic rings. The van der Waals surface area contributed by atoms with E-state index in [-0.39, 0.29) is 0 Å². The Balaban J connectivity index is 2.11. The minimum absolute atomic E-state index is 0.306. The number of aromatic carboxylic acids is 1. The summed E-state index contributed by atoms with van der Waals surface area (Å²) in [6, 6.07) is 13.0. The van der Waals surface area contributed by atoms with E-state index in [2.05, 4.69) is 9.97 Å². The molecule has 2 aromatic carbocycles. The van der Waals surface area contributed by atoms with Crippen molar-refractivity contribution in [1.29, 1.82) is 0 Å². The van der Waals surface area contributed by atoms with Gasteiger partial charge in [-0.2, -0.15) is 0 Å². The van der Waals surface area contributed by atoms with Crippen LogP contribution in [0.3, 0.4) is 0 Å². The van der Waals surface area contributed by atoms with E-state index in [1.807, 2.05) is 52.9 Å². The fourth-order valence-corrected chi connectivity index (χ4v) is 2.67. The van der Waals surface area contributed by atoms with E-state index in [1.165, 1.54) is 0 Å². The van der Waals surface area contributed by atoms with E-state index in [0.29, 0.717) is 9.13 Å². The van der Waals surface area contributed by atoms with E-state index < -0.39 is 5.97 Å². The second kappa shape index (κ2) is 4.65. The lowest BCUT2D eigenvalue weighted by molar-refractivity contribution is 0.0696. The molecule has 19 heavy (non-hydrogen) atoms. The summed E-state index contributed by atoms with van der Waals surface area (Å²) < 4.78 is 0.697. The van der Waals surface area contributed by atoms with Crippen molar-refractivity contribution in [2.75, 3.05) is 0 Å². The monoisotopic (exact) mass is 364 g/mol. The number of hydrogen-bond acceptors (Lipinski definition) is 2. The second-order valence-corrected chi connectivity index (χ2v) is 5.26. The number of rotatable bonds is 2. The molecular formula is C14H9IN2O2. The number of H-pyrrole nitrogens is 1. The van der Waals surface area contributed by atoms with Crippen LogP contribution in [0.5, 0.6) is 0 Å². The highest BCUT2D eigenvalue weighted by molar-refractivity contribution is 14.1. The van der Waals surface area contributed by atoms with Gasteiger partial charge in [-0.15, -0.1) is 0 Å². The standard InChI is InChI=1S/C14H9IN2O2/c15-10-7-8(5-6-9(10)14(18)19)13-16-11-3-1-2-4-12(11)17-13/h1-7H,(H,16,17)(H,18,19). The fraction of sp³-hybridized carbons (Fsp3) is 0. The topological polar surface area (TPSA) is 66.0 Å². The van der Waals surface area contributed by atoms with Crippen LogP contribution < -0.4 is 0 Å². The maximum atomic E-state index is 11.0. The van der Waals surface area contributed by atoms with Crippen molar-refractivity contribution >= 4 is 39.6 Å². The number of aromatic amines is 1. The van der Waals surface area contributed by atoms with Crippen LogP contribution in [0, 0.1) is 3.57 Å². The van der Waals surface area contributed by atoms with E-state index in [1.54, 1.807) is 12.1 Å². The molecule has 0 fully saturated rings. The Bertz CT molecular complexity index is 747. The predicted octanol–water partition coefficient (Wildman–Crippen LogP) is 3.53. The fourth-order valence-electron chi connectivity index (χ4n) is 1.93. The molecule has 0 bridgehead atoms. The Morgan fingerprint density at radius 1 is 1.21 bits per heavy atom. The average molecular weight is 364 g/mol. The van der Waals surface area contributed by atoms with Crippen molar-refractivity contribution in [3.8, 4) is 11.4 Å². The van der Waals surface area contributed by atoms with Gasteiger partial charge in [-0.3, -0.25) is 0 Å². The molecule has 0 saturated carbocycles. The highest BCUT2D eigenvalue weighted by atomic mass is 127. The highest BCUT2D eigenvalue weighted by Gasteiger charge is 2.11. The molecule has 2 N–H and O–H groups in total. The smallest absolute Gasteiger partial charge is 0.336 e. The van der Waals surface area contributed by atoms with Gasteiger partial charge in [-0.25, -0.2) is 9.78 Å². The van der Waals surface area contributed by atoms with Crippen LogP contribution in [0.1, 0.15) is 10.4 Å². The number of para-hydroxylation sites is 2. The Hall–Kier alpha value is -1.89. The molecule has 0 aliphatic carbocycles. The summed E-state index contributed by atoms with van der Waals surface area (Å²) in [7, 11) is 0. The van der Waals surface area contributed by atoms with Gasteiger partial charge in [-0.1, -0.05) is 18.2 Å². The van der Waals surface area contributed by atoms with Crippen molar-refractivity contribution in [2.45, 2.75) is 0 Å². The van der Waals surface area contributed by atoms with Crippen LogP contribution >= 0.6 is 22.6 Å². The van der Waals surface area contributed by atoms with E-state index in [0.717, 1.165) is 22.4 Å². The first-order chi connectivity index (χ1) is 9.15. The van der Waals surface area contributed by atoms with Crippen LogP contribution in [0.15, 0.2) is 42.5 Å². The predicted molar refractivity (Wildman–Crippen MR) is 81.2 cm³/mol. The zero-order chi connectivity index (χ0) is 13.4. The van der Waals surface area contributed by atoms with Gasteiger partial charge < -0.3 is 10.1 Å². The lowest BCUT2D eigenvalue weighted by Gasteiger charge is -2.01. The third-order valence-corrected chi connectivity index (χ3v) is 3.75. The summed E-state index contributed by atoms with van der Waals surface area (Å²) >= 11 is 2.02. The number of fused-ring (bicyclic) bond motifs is 1. The lowest BCUT2D eigenvalue weighted by Crippen LogP contribution is -1.99. The Morgan fingerprint density at radius 2 is 2.00 bits per heavy atom. The summed E-state index contributed by atoms with van der Waals surface area (Å²) in [6.07, 6.45) is 0. The van der Waals surface area contributed by atoms with Gasteiger partial charge in [0.05, 0.1) is 16.6 Å². The van der Waals surface area contributed by atoms with Crippen LogP contribution in [0.4, 0.5) is 0 Å². The summed E-state index contributed by atoms with van der Waals surface area (Å²) in [5.74, 6) is -0.170. The third-order valence-electron chi connectivity index (χ3n) is 2.86. The Morgan fingerprint density at radius 3 is 2.68 bits per heavy atom. The summed E-state index contributed by atoms with van der Waals surface area (Å²) in [5, 5.41) is 9.01. The van der Waals surface area contributed by atoms with Gasteiger partial charge in [0, 0.05) is 9.13 Å². The second-order valence-electron chi connectivity index (χ2n) is 4.10. The zero-order valence-electron chi connectivity index (χ0n) is 9.72. The van der Waals surface area contributed by atoms with Gasteiger partial charge in [0.1, 0.15) is 5.82 Å². The van der Waals surface area contributed by atoms with Crippen LogP contribution in [0.2, 0.25) is 0 Å². The number of carbonyl (C=O) groups is 1. The SMILES string of the molecule is O=C(O)c1ccc(-c2nc3ccccc3[nH]2)cc1I. The lowest BCUT2D eigenvalue weighted by atomic mass is 10.1. The van der Waals surface area contributed by atoms with Crippen molar-refractivity contribution < 1.29 is 9.90 Å². The number of imidazole rings is 1. The number of carboxylic acids is 1. The van der Waals surface area contributed by atoms with E-state index in [4.69, 9.17) is 5.11 Å². The zero-order valence-corrected chi connectivity index (χ0v) is 11.9. The minimum atomic E-state index is -0.916. The first kappa shape index (κ1) is 12.2. The molecule has 4 nitrogen and oxygen atoms in total. The highest BCUT2D eigenvalue weighted by Crippen LogP contribution is 2.24. The van der Waals surface area contributed by atoms with Gasteiger partial charge in [0.2, 0.25) is 0 Å². The van der Waals surface area contributed by atoms with Crippen LogP contribution in [0.25, 0.3) is 22.4 Å². The maximum Gasteiger partial charge on any atom is 0.336 e. The number of nitrogens with one attached hydrogen (secondary N) is 1. The van der Waals surface area contributed by atoms with Crippen molar-refractivity contribution in [3.05, 3.63) is 51.6 Å². The number of benzene rings is 2. The van der Waals surface area contributed by atoms with Gasteiger partial charge >= 0.3 is 5.97 Å². The van der Waals surface area contributed by atoms with Gasteiger partial charge in [0.25, 0.3) is 0 Å². The van der Waals surface area contributed by atoms with E-state index >= 15 is 0 Å². The molecule has 0 spiro atoms. The largest absolute Gasteiger partial charge is 0.478 e. The molecule has 94 valence electrons. The van der Waals surface area contributed by atoms with Crippen molar-refractivity contribution in [1.82, 2.24) is 9.97 Å². The first-order valence-corrected chi connectivity index (χ1v) is 6.71. The first-order valence-electron chi connectivity index (χ1n) is 5.63. The average Bonchev–Trinajstić information content (AvgIpc) is 2.81. The molecule has 0 amide bonds. The number of nitrogens with zero attached hydrogens (tertiary/aromatic N) is 1. The minimum Gasteiger partial charge on any atom is -0.478 e.